The van der Waals surface area contributed by atoms with E-state index in [1.807, 2.05) is 17.0 Å². The molecule has 1 aliphatic rings. The van der Waals surface area contributed by atoms with E-state index in [0.29, 0.717) is 6.54 Å². The highest BCUT2D eigenvalue weighted by Gasteiger charge is 2.24. The molecule has 0 N–H and O–H groups in total. The first-order valence-corrected chi connectivity index (χ1v) is 9.31. The van der Waals surface area contributed by atoms with E-state index in [-0.39, 0.29) is 5.91 Å². The van der Waals surface area contributed by atoms with Crippen LogP contribution in [0.5, 0.6) is 5.75 Å². The third kappa shape index (κ3) is 3.79. The molecule has 0 fully saturated rings. The van der Waals surface area contributed by atoms with Crippen molar-refractivity contribution in [2.24, 2.45) is 0 Å². The Labute approximate surface area is 147 Å². The Morgan fingerprint density at radius 2 is 2.25 bits per heavy atom. The molecule has 4 nitrogen and oxygen atoms in total. The maximum absolute atomic E-state index is 12.9. The lowest BCUT2D eigenvalue weighted by molar-refractivity contribution is -0.119. The lowest BCUT2D eigenvalue weighted by atomic mass is 10.0. The van der Waals surface area contributed by atoms with Crippen molar-refractivity contribution in [3.63, 3.8) is 0 Å². The van der Waals surface area contributed by atoms with E-state index in [0.717, 1.165) is 43.9 Å². The zero-order chi connectivity index (χ0) is 16.9. The van der Waals surface area contributed by atoms with Gasteiger partial charge in [0.25, 0.3) is 0 Å². The number of nitrogens with zero attached hydrogens (tertiary/aromatic N) is 2. The van der Waals surface area contributed by atoms with Crippen molar-refractivity contribution < 1.29 is 9.53 Å². The largest absolute Gasteiger partial charge is 0.497 e. The first-order valence-electron chi connectivity index (χ1n) is 8.43. The number of thiophene rings is 1. The van der Waals surface area contributed by atoms with E-state index in [9.17, 15) is 4.79 Å². The summed E-state index contributed by atoms with van der Waals surface area (Å²) < 4.78 is 5.31. The van der Waals surface area contributed by atoms with Gasteiger partial charge >= 0.3 is 0 Å². The van der Waals surface area contributed by atoms with Gasteiger partial charge in [-0.1, -0.05) is 13.0 Å². The maximum Gasteiger partial charge on any atom is 0.241 e. The number of hydrogen-bond donors (Lipinski definition) is 0. The van der Waals surface area contributed by atoms with Gasteiger partial charge in [0.05, 0.1) is 13.7 Å². The second-order valence-electron chi connectivity index (χ2n) is 6.03. The number of amides is 1. The van der Waals surface area contributed by atoms with Crippen molar-refractivity contribution in [1.82, 2.24) is 4.90 Å². The second kappa shape index (κ2) is 7.81. The predicted octanol–water partition coefficient (Wildman–Crippen LogP) is 3.56. The molecule has 0 radical (unpaired) electrons. The van der Waals surface area contributed by atoms with Gasteiger partial charge in [0.15, 0.2) is 0 Å². The lowest BCUT2D eigenvalue weighted by Crippen LogP contribution is -2.42. The Kier molecular flexibility index (Phi) is 5.53. The number of benzene rings is 1. The van der Waals surface area contributed by atoms with Crippen molar-refractivity contribution in [3.05, 3.63) is 46.2 Å². The summed E-state index contributed by atoms with van der Waals surface area (Å²) in [5.74, 6) is 1.04. The molecule has 1 aliphatic heterocycles. The fourth-order valence-electron chi connectivity index (χ4n) is 3.14. The first kappa shape index (κ1) is 17.0. The number of rotatable bonds is 6. The monoisotopic (exact) mass is 344 g/mol. The van der Waals surface area contributed by atoms with Gasteiger partial charge in [0.2, 0.25) is 5.91 Å². The average molecular weight is 344 g/mol. The Morgan fingerprint density at radius 3 is 2.96 bits per heavy atom. The molecule has 5 heteroatoms. The molecule has 2 heterocycles. The van der Waals surface area contributed by atoms with Crippen molar-refractivity contribution in [2.75, 3.05) is 31.6 Å². The highest BCUT2D eigenvalue weighted by Crippen LogP contribution is 2.30. The van der Waals surface area contributed by atoms with Crippen molar-refractivity contribution in [2.45, 2.75) is 26.3 Å². The molecule has 0 unspecified atom stereocenters. The van der Waals surface area contributed by atoms with Gasteiger partial charge in [0.1, 0.15) is 5.75 Å². The molecule has 24 heavy (non-hydrogen) atoms. The third-order valence-corrected chi connectivity index (χ3v) is 5.33. The van der Waals surface area contributed by atoms with E-state index in [2.05, 4.69) is 35.4 Å². The fraction of sp³-hybridized carbons (Fsp3) is 0.421. The van der Waals surface area contributed by atoms with E-state index in [1.165, 1.54) is 10.4 Å². The summed E-state index contributed by atoms with van der Waals surface area (Å²) in [5, 5.41) is 2.08. The Morgan fingerprint density at radius 1 is 1.38 bits per heavy atom. The summed E-state index contributed by atoms with van der Waals surface area (Å²) in [6, 6.07) is 10.2. The highest BCUT2D eigenvalue weighted by atomic mass is 32.1. The molecule has 1 aromatic carbocycles. The average Bonchev–Trinajstić information content (AvgIpc) is 3.13. The number of ether oxygens (including phenoxy) is 1. The van der Waals surface area contributed by atoms with Crippen LogP contribution in [0.15, 0.2) is 35.7 Å². The van der Waals surface area contributed by atoms with E-state index in [4.69, 9.17) is 4.74 Å². The molecule has 0 bridgehead atoms. The van der Waals surface area contributed by atoms with Gasteiger partial charge in [0, 0.05) is 23.7 Å². The second-order valence-corrected chi connectivity index (χ2v) is 7.06. The maximum atomic E-state index is 12.9. The molecular weight excluding hydrogens is 320 g/mol. The number of fused-ring (bicyclic) bond motifs is 1. The molecule has 0 aliphatic carbocycles. The molecular formula is C19H24N2O2S. The number of hydrogen-bond acceptors (Lipinski definition) is 4. The van der Waals surface area contributed by atoms with Crippen LogP contribution in [0.4, 0.5) is 5.69 Å². The Hall–Kier alpha value is -1.85. The van der Waals surface area contributed by atoms with Crippen LogP contribution in [0.2, 0.25) is 0 Å². The van der Waals surface area contributed by atoms with Crippen LogP contribution < -0.4 is 9.64 Å². The van der Waals surface area contributed by atoms with Gasteiger partial charge in [-0.25, -0.2) is 0 Å². The minimum atomic E-state index is 0.180. The number of carbonyl (C=O) groups is 1. The zero-order valence-electron chi connectivity index (χ0n) is 14.3. The van der Waals surface area contributed by atoms with E-state index in [1.54, 1.807) is 18.4 Å². The SMILES string of the molecule is CCN(CC(=O)N1CCCc2cc(OC)ccc21)Cc1cccs1. The standard InChI is InChI=1S/C19H24N2O2S/c1-3-20(13-17-7-5-11-24-17)14-19(22)21-10-4-6-15-12-16(23-2)8-9-18(15)21/h5,7-9,11-12H,3-4,6,10,13-14H2,1-2H3. The van der Waals surface area contributed by atoms with Gasteiger partial charge in [-0.2, -0.15) is 0 Å². The van der Waals surface area contributed by atoms with Crippen LogP contribution >= 0.6 is 11.3 Å². The van der Waals surface area contributed by atoms with Gasteiger partial charge in [-0.15, -0.1) is 11.3 Å². The summed E-state index contributed by atoms with van der Waals surface area (Å²) in [6.45, 7) is 5.07. The summed E-state index contributed by atoms with van der Waals surface area (Å²) in [7, 11) is 1.68. The summed E-state index contributed by atoms with van der Waals surface area (Å²) in [6.07, 6.45) is 2.01. The minimum absolute atomic E-state index is 0.180. The van der Waals surface area contributed by atoms with Crippen LogP contribution in [-0.2, 0) is 17.8 Å². The van der Waals surface area contributed by atoms with Crippen LogP contribution in [0.25, 0.3) is 0 Å². The predicted molar refractivity (Wildman–Crippen MR) is 98.9 cm³/mol. The van der Waals surface area contributed by atoms with Gasteiger partial charge in [-0.05, 0) is 54.6 Å². The van der Waals surface area contributed by atoms with Crippen molar-refractivity contribution in [1.29, 1.82) is 0 Å². The number of aryl methyl sites for hydroxylation is 1. The highest BCUT2D eigenvalue weighted by molar-refractivity contribution is 7.09. The summed E-state index contributed by atoms with van der Waals surface area (Å²) in [4.78, 5) is 18.3. The molecule has 1 amide bonds. The zero-order valence-corrected chi connectivity index (χ0v) is 15.1. The molecule has 3 rings (SSSR count). The summed E-state index contributed by atoms with van der Waals surface area (Å²) in [5.41, 5.74) is 2.24. The molecule has 0 saturated carbocycles. The van der Waals surface area contributed by atoms with Crippen LogP contribution in [0.3, 0.4) is 0 Å². The smallest absolute Gasteiger partial charge is 0.241 e. The molecule has 0 spiro atoms. The normalized spacial score (nSPS) is 13.9. The van der Waals surface area contributed by atoms with Gasteiger partial charge < -0.3 is 9.64 Å². The molecule has 2 aromatic rings. The topological polar surface area (TPSA) is 32.8 Å². The number of anilines is 1. The molecule has 1 aromatic heterocycles. The molecule has 0 atom stereocenters. The molecule has 128 valence electrons. The van der Waals surface area contributed by atoms with E-state index < -0.39 is 0 Å². The Bertz CT molecular complexity index is 685. The van der Waals surface area contributed by atoms with E-state index >= 15 is 0 Å². The van der Waals surface area contributed by atoms with Crippen LogP contribution in [0.1, 0.15) is 23.8 Å². The van der Waals surface area contributed by atoms with Crippen molar-refractivity contribution >= 4 is 22.9 Å². The number of methoxy groups -OCH3 is 1. The lowest BCUT2D eigenvalue weighted by Gasteiger charge is -2.31. The van der Waals surface area contributed by atoms with Crippen molar-refractivity contribution in [3.8, 4) is 5.75 Å². The third-order valence-electron chi connectivity index (χ3n) is 4.47. The Balaban J connectivity index is 1.71. The number of likely N-dealkylation sites (N-methyl/N-ethyl adjacent to an activating group) is 1. The quantitative estimate of drug-likeness (QED) is 0.803. The summed E-state index contributed by atoms with van der Waals surface area (Å²) >= 11 is 1.74. The minimum Gasteiger partial charge on any atom is -0.497 e. The first-order chi connectivity index (χ1) is 11.7. The van der Waals surface area contributed by atoms with Gasteiger partial charge in [-0.3, -0.25) is 9.69 Å². The van der Waals surface area contributed by atoms with Crippen LogP contribution in [0, 0.1) is 0 Å². The molecule has 0 saturated heterocycles. The fourth-order valence-corrected chi connectivity index (χ4v) is 3.88. The number of carbonyl (C=O) groups excluding carboxylic acids is 1. The van der Waals surface area contributed by atoms with Crippen LogP contribution in [-0.4, -0.2) is 37.6 Å².